The molecule has 2 atom stereocenters. The lowest BCUT2D eigenvalue weighted by molar-refractivity contribution is 0.0777. The van der Waals surface area contributed by atoms with Gasteiger partial charge in [0.25, 0.3) is 5.91 Å². The molecule has 8 nitrogen and oxygen atoms in total. The lowest BCUT2D eigenvalue weighted by Gasteiger charge is -2.19. The number of benzene rings is 1. The number of oxazole rings is 1. The Labute approximate surface area is 166 Å². The highest BCUT2D eigenvalue weighted by Crippen LogP contribution is 2.26. The van der Waals surface area contributed by atoms with Crippen LogP contribution in [0.3, 0.4) is 0 Å². The second-order valence-electron chi connectivity index (χ2n) is 7.09. The van der Waals surface area contributed by atoms with Crippen LogP contribution in [-0.2, 0) is 6.61 Å². The second kappa shape index (κ2) is 7.86. The summed E-state index contributed by atoms with van der Waals surface area (Å²) in [6.07, 6.45) is 2.35. The molecule has 1 aliphatic heterocycles. The van der Waals surface area contributed by atoms with Gasteiger partial charge in [0.1, 0.15) is 12.0 Å². The monoisotopic (exact) mass is 401 g/mol. The Morgan fingerprint density at radius 3 is 3.04 bits per heavy atom. The zero-order valence-corrected chi connectivity index (χ0v) is 16.9. The molecule has 0 bridgehead atoms. The minimum Gasteiger partial charge on any atom is -0.484 e. The molecule has 2 unspecified atom stereocenters. The molecule has 0 saturated carbocycles. The number of thiazole rings is 1. The van der Waals surface area contributed by atoms with Gasteiger partial charge in [0.15, 0.2) is 12.3 Å². The number of hydrogen-bond acceptors (Lipinski definition) is 8. The van der Waals surface area contributed by atoms with Gasteiger partial charge < -0.3 is 14.1 Å². The number of aromatic nitrogens is 2. The fraction of sp³-hybridized carbons (Fsp3) is 0.421. The van der Waals surface area contributed by atoms with Crippen molar-refractivity contribution in [3.05, 3.63) is 41.1 Å². The van der Waals surface area contributed by atoms with Gasteiger partial charge in [-0.25, -0.2) is 9.97 Å². The van der Waals surface area contributed by atoms with Gasteiger partial charge >= 0.3 is 0 Å². The predicted octanol–water partition coefficient (Wildman–Crippen LogP) is 2.50. The Balaban J connectivity index is 1.34. The third-order valence-corrected chi connectivity index (χ3v) is 5.56. The summed E-state index contributed by atoms with van der Waals surface area (Å²) in [7, 11) is 1.77. The van der Waals surface area contributed by atoms with Crippen molar-refractivity contribution in [3.63, 3.8) is 0 Å². The van der Waals surface area contributed by atoms with E-state index in [0.29, 0.717) is 24.2 Å². The number of hydrazine groups is 1. The maximum absolute atomic E-state index is 12.6. The van der Waals surface area contributed by atoms with E-state index in [9.17, 15) is 4.79 Å². The van der Waals surface area contributed by atoms with E-state index in [2.05, 4.69) is 27.7 Å². The molecule has 9 heteroatoms. The molecule has 3 aromatic rings. The lowest BCUT2D eigenvalue weighted by Crippen LogP contribution is -2.41. The van der Waals surface area contributed by atoms with Crippen molar-refractivity contribution in [2.75, 3.05) is 13.6 Å². The lowest BCUT2D eigenvalue weighted by atomic mass is 10.1. The maximum Gasteiger partial charge on any atom is 0.275 e. The molecule has 148 valence electrons. The molecule has 28 heavy (non-hydrogen) atoms. The number of rotatable bonds is 6. The smallest absolute Gasteiger partial charge is 0.275 e. The van der Waals surface area contributed by atoms with E-state index in [0.717, 1.165) is 21.6 Å². The van der Waals surface area contributed by atoms with Gasteiger partial charge in [-0.1, -0.05) is 0 Å². The highest BCUT2D eigenvalue weighted by Gasteiger charge is 2.24. The zero-order chi connectivity index (χ0) is 19.7. The van der Waals surface area contributed by atoms with Crippen LogP contribution < -0.4 is 15.6 Å². The van der Waals surface area contributed by atoms with Gasteiger partial charge in [0.2, 0.25) is 5.89 Å². The summed E-state index contributed by atoms with van der Waals surface area (Å²) in [5, 5.41) is 1.02. The molecule has 0 radical (unpaired) electrons. The number of carbonyl (C=O) groups is 1. The van der Waals surface area contributed by atoms with Crippen LogP contribution in [0.25, 0.3) is 10.2 Å². The molecular weight excluding hydrogens is 378 g/mol. The first-order chi connectivity index (χ1) is 13.5. The molecule has 1 fully saturated rings. The van der Waals surface area contributed by atoms with Crippen molar-refractivity contribution in [2.45, 2.75) is 39.0 Å². The fourth-order valence-corrected chi connectivity index (χ4v) is 4.07. The molecule has 0 spiro atoms. The SMILES string of the molecule is Cc1nc2cc(OCc3nc(C(=O)N(C)CC4CC(C)NN4)co3)ccc2s1. The number of likely N-dealkylation sites (N-methyl/N-ethyl adjacent to an activating group) is 1. The Kier molecular flexibility index (Phi) is 5.29. The average Bonchev–Trinajstić information content (AvgIpc) is 3.38. The van der Waals surface area contributed by atoms with E-state index in [-0.39, 0.29) is 24.2 Å². The van der Waals surface area contributed by atoms with Crippen LogP contribution in [0.2, 0.25) is 0 Å². The summed E-state index contributed by atoms with van der Waals surface area (Å²) >= 11 is 1.65. The number of hydrogen-bond donors (Lipinski definition) is 2. The van der Waals surface area contributed by atoms with Crippen LogP contribution in [-0.4, -0.2) is 46.5 Å². The van der Waals surface area contributed by atoms with E-state index in [1.807, 2.05) is 25.1 Å². The Morgan fingerprint density at radius 1 is 1.39 bits per heavy atom. The van der Waals surface area contributed by atoms with Crippen molar-refractivity contribution in [1.29, 1.82) is 0 Å². The van der Waals surface area contributed by atoms with Crippen molar-refractivity contribution in [1.82, 2.24) is 25.7 Å². The van der Waals surface area contributed by atoms with Crippen LogP contribution in [0, 0.1) is 6.92 Å². The molecular formula is C19H23N5O3S. The number of fused-ring (bicyclic) bond motifs is 1. The largest absolute Gasteiger partial charge is 0.484 e. The van der Waals surface area contributed by atoms with Gasteiger partial charge in [0, 0.05) is 31.7 Å². The third-order valence-electron chi connectivity index (χ3n) is 4.61. The molecule has 1 aromatic carbocycles. The summed E-state index contributed by atoms with van der Waals surface area (Å²) < 4.78 is 12.3. The molecule has 4 rings (SSSR count). The summed E-state index contributed by atoms with van der Waals surface area (Å²) in [6, 6.07) is 6.40. The van der Waals surface area contributed by atoms with E-state index in [1.54, 1.807) is 23.3 Å². The van der Waals surface area contributed by atoms with Crippen LogP contribution >= 0.6 is 11.3 Å². The number of carbonyl (C=O) groups excluding carboxylic acids is 1. The van der Waals surface area contributed by atoms with E-state index in [4.69, 9.17) is 9.15 Å². The topological polar surface area (TPSA) is 92.5 Å². The van der Waals surface area contributed by atoms with Crippen molar-refractivity contribution >= 4 is 27.5 Å². The summed E-state index contributed by atoms with van der Waals surface area (Å²) in [4.78, 5) is 22.9. The number of nitrogens with one attached hydrogen (secondary N) is 2. The fourth-order valence-electron chi connectivity index (χ4n) is 3.27. The normalized spacial score (nSPS) is 19.2. The summed E-state index contributed by atoms with van der Waals surface area (Å²) in [6.45, 7) is 4.83. The van der Waals surface area contributed by atoms with E-state index < -0.39 is 0 Å². The van der Waals surface area contributed by atoms with Crippen molar-refractivity contribution in [2.24, 2.45) is 0 Å². The number of nitrogens with zero attached hydrogens (tertiary/aromatic N) is 3. The van der Waals surface area contributed by atoms with Crippen molar-refractivity contribution < 1.29 is 13.9 Å². The first-order valence-electron chi connectivity index (χ1n) is 9.19. The van der Waals surface area contributed by atoms with Gasteiger partial charge in [-0.15, -0.1) is 11.3 Å². The molecule has 3 heterocycles. The Hall–Kier alpha value is -2.49. The van der Waals surface area contributed by atoms with Gasteiger partial charge in [-0.2, -0.15) is 0 Å². The van der Waals surface area contributed by atoms with E-state index >= 15 is 0 Å². The molecule has 2 aromatic heterocycles. The summed E-state index contributed by atoms with van der Waals surface area (Å²) in [5.74, 6) is 0.881. The molecule has 1 amide bonds. The minimum atomic E-state index is -0.171. The molecule has 1 saturated heterocycles. The van der Waals surface area contributed by atoms with Crippen LogP contribution in [0.1, 0.15) is 34.7 Å². The standard InChI is InChI=1S/C19H23N5O3S/c1-11-6-13(23-22-11)8-24(3)19(25)16-9-27-18(21-16)10-26-14-4-5-17-15(7-14)20-12(2)28-17/h4-5,7,9,11,13,22-23H,6,8,10H2,1-3H3. The van der Waals surface area contributed by atoms with Gasteiger partial charge in [-0.3, -0.25) is 15.6 Å². The van der Waals surface area contributed by atoms with Crippen LogP contribution in [0.4, 0.5) is 0 Å². The van der Waals surface area contributed by atoms with Crippen LogP contribution in [0.15, 0.2) is 28.9 Å². The number of amides is 1. The van der Waals surface area contributed by atoms with Crippen molar-refractivity contribution in [3.8, 4) is 5.75 Å². The number of aryl methyl sites for hydroxylation is 1. The quantitative estimate of drug-likeness (QED) is 0.655. The molecule has 2 N–H and O–H groups in total. The van der Waals surface area contributed by atoms with E-state index in [1.165, 1.54) is 6.26 Å². The predicted molar refractivity (Wildman–Crippen MR) is 106 cm³/mol. The average molecular weight is 401 g/mol. The van der Waals surface area contributed by atoms with Crippen LogP contribution in [0.5, 0.6) is 5.75 Å². The number of ether oxygens (including phenoxy) is 1. The maximum atomic E-state index is 12.6. The first kappa shape index (κ1) is 18.9. The zero-order valence-electron chi connectivity index (χ0n) is 16.1. The van der Waals surface area contributed by atoms with Gasteiger partial charge in [-0.05, 0) is 32.4 Å². The highest BCUT2D eigenvalue weighted by molar-refractivity contribution is 7.18. The second-order valence-corrected chi connectivity index (χ2v) is 8.32. The first-order valence-corrected chi connectivity index (χ1v) is 10.0. The Morgan fingerprint density at radius 2 is 2.25 bits per heavy atom. The highest BCUT2D eigenvalue weighted by atomic mass is 32.1. The third kappa shape index (κ3) is 4.16. The molecule has 0 aliphatic carbocycles. The van der Waals surface area contributed by atoms with Gasteiger partial charge in [0.05, 0.1) is 15.2 Å². The summed E-state index contributed by atoms with van der Waals surface area (Å²) in [5.41, 5.74) is 7.54. The molecule has 1 aliphatic rings. The Bertz CT molecular complexity index is 985. The minimum absolute atomic E-state index is 0.150.